The number of rotatable bonds is 6. The van der Waals surface area contributed by atoms with Crippen molar-refractivity contribution in [1.29, 1.82) is 0 Å². The normalized spacial score (nSPS) is 11.9. The van der Waals surface area contributed by atoms with Crippen LogP contribution in [0.5, 0.6) is 0 Å². The number of hydrogen-bond donors (Lipinski definition) is 2. The number of aryl methyl sites for hydroxylation is 1. The summed E-state index contributed by atoms with van der Waals surface area (Å²) in [4.78, 5) is 25.1. The largest absolute Gasteiger partial charge is 0.340 e. The minimum atomic E-state index is -0.699. The van der Waals surface area contributed by atoms with E-state index in [4.69, 9.17) is 0 Å². The van der Waals surface area contributed by atoms with Crippen LogP contribution in [-0.2, 0) is 4.79 Å². The molecule has 0 unspecified atom stereocenters. The van der Waals surface area contributed by atoms with Gasteiger partial charge in [0.15, 0.2) is 0 Å². The summed E-state index contributed by atoms with van der Waals surface area (Å²) in [6.07, 6.45) is 0.485. The molecule has 0 aliphatic carbocycles. The molecule has 0 aliphatic rings. The van der Waals surface area contributed by atoms with Crippen molar-refractivity contribution < 1.29 is 14.0 Å². The average Bonchev–Trinajstić information content (AvgIpc) is 2.54. The summed E-state index contributed by atoms with van der Waals surface area (Å²) in [6.45, 7) is 5.80. The van der Waals surface area contributed by atoms with E-state index in [-0.39, 0.29) is 17.7 Å². The maximum absolute atomic E-state index is 13.3. The summed E-state index contributed by atoms with van der Waals surface area (Å²) in [5.41, 5.74) is 1.74. The number of nitrogens with one attached hydrogen (secondary N) is 2. The number of hydrogen-bond acceptors (Lipinski definition) is 2. The molecule has 0 saturated heterocycles. The number of amides is 2. The van der Waals surface area contributed by atoms with E-state index in [0.717, 1.165) is 5.56 Å². The maximum Gasteiger partial charge on any atom is 0.252 e. The predicted octanol–water partition coefficient (Wildman–Crippen LogP) is 3.92. The topological polar surface area (TPSA) is 58.2 Å². The Morgan fingerprint density at radius 1 is 1.08 bits per heavy atom. The van der Waals surface area contributed by atoms with E-state index in [1.807, 2.05) is 32.9 Å². The summed E-state index contributed by atoms with van der Waals surface area (Å²) in [7, 11) is 0. The van der Waals surface area contributed by atoms with E-state index in [2.05, 4.69) is 10.6 Å². The predicted molar refractivity (Wildman–Crippen MR) is 96.9 cm³/mol. The molecule has 25 heavy (non-hydrogen) atoms. The van der Waals surface area contributed by atoms with Crippen molar-refractivity contribution in [3.63, 3.8) is 0 Å². The molecule has 0 fully saturated rings. The van der Waals surface area contributed by atoms with Crippen LogP contribution < -0.4 is 10.6 Å². The average molecular weight is 342 g/mol. The van der Waals surface area contributed by atoms with E-state index >= 15 is 0 Å². The second kappa shape index (κ2) is 8.42. The fourth-order valence-corrected chi connectivity index (χ4v) is 2.56. The molecular formula is C20H23FN2O2. The van der Waals surface area contributed by atoms with Gasteiger partial charge in [-0.2, -0.15) is 0 Å². The SMILES string of the molecule is Cc1ccccc1C(=O)N[C@@H](CC(C)C)C(=O)Nc1cccc(F)c1. The first-order chi connectivity index (χ1) is 11.9. The first-order valence-electron chi connectivity index (χ1n) is 8.29. The highest BCUT2D eigenvalue weighted by Crippen LogP contribution is 2.13. The van der Waals surface area contributed by atoms with Gasteiger partial charge in [0.2, 0.25) is 5.91 Å². The molecule has 0 bridgehead atoms. The van der Waals surface area contributed by atoms with Crippen LogP contribution in [0.4, 0.5) is 10.1 Å². The third-order valence-electron chi connectivity index (χ3n) is 3.81. The van der Waals surface area contributed by atoms with Crippen LogP contribution >= 0.6 is 0 Å². The lowest BCUT2D eigenvalue weighted by Crippen LogP contribution is -2.44. The number of anilines is 1. The van der Waals surface area contributed by atoms with Crippen molar-refractivity contribution in [2.45, 2.75) is 33.2 Å². The van der Waals surface area contributed by atoms with Crippen molar-refractivity contribution in [2.75, 3.05) is 5.32 Å². The Morgan fingerprint density at radius 3 is 2.44 bits per heavy atom. The second-order valence-electron chi connectivity index (χ2n) is 6.47. The fraction of sp³-hybridized carbons (Fsp3) is 0.300. The van der Waals surface area contributed by atoms with Crippen molar-refractivity contribution in [3.05, 3.63) is 65.5 Å². The first kappa shape index (κ1) is 18.6. The molecule has 0 saturated carbocycles. The van der Waals surface area contributed by atoms with E-state index in [1.54, 1.807) is 18.2 Å². The van der Waals surface area contributed by atoms with Gasteiger partial charge < -0.3 is 10.6 Å². The van der Waals surface area contributed by atoms with E-state index < -0.39 is 11.9 Å². The minimum absolute atomic E-state index is 0.209. The highest BCUT2D eigenvalue weighted by Gasteiger charge is 2.23. The first-order valence-corrected chi connectivity index (χ1v) is 8.29. The van der Waals surface area contributed by atoms with Crippen LogP contribution in [0.15, 0.2) is 48.5 Å². The van der Waals surface area contributed by atoms with Crippen LogP contribution in [0.1, 0.15) is 36.2 Å². The van der Waals surface area contributed by atoms with Gasteiger partial charge >= 0.3 is 0 Å². The van der Waals surface area contributed by atoms with Gasteiger partial charge in [0.25, 0.3) is 5.91 Å². The van der Waals surface area contributed by atoms with Crippen LogP contribution in [-0.4, -0.2) is 17.9 Å². The molecule has 5 heteroatoms. The zero-order chi connectivity index (χ0) is 18.4. The molecular weight excluding hydrogens is 319 g/mol. The van der Waals surface area contributed by atoms with Gasteiger partial charge in [0.1, 0.15) is 11.9 Å². The second-order valence-corrected chi connectivity index (χ2v) is 6.47. The Kier molecular flexibility index (Phi) is 6.28. The van der Waals surface area contributed by atoms with Gasteiger partial charge in [0, 0.05) is 11.3 Å². The molecule has 2 rings (SSSR count). The van der Waals surface area contributed by atoms with Crippen molar-refractivity contribution >= 4 is 17.5 Å². The van der Waals surface area contributed by atoms with Crippen LogP contribution in [0.25, 0.3) is 0 Å². The van der Waals surface area contributed by atoms with E-state index in [9.17, 15) is 14.0 Å². The highest BCUT2D eigenvalue weighted by molar-refractivity contribution is 6.01. The summed E-state index contributed by atoms with van der Waals surface area (Å²) in [5.74, 6) is -0.873. The minimum Gasteiger partial charge on any atom is -0.340 e. The smallest absolute Gasteiger partial charge is 0.252 e. The van der Waals surface area contributed by atoms with Crippen molar-refractivity contribution in [2.24, 2.45) is 5.92 Å². The number of carbonyl (C=O) groups excluding carboxylic acids is 2. The monoisotopic (exact) mass is 342 g/mol. The molecule has 0 spiro atoms. The van der Waals surface area contributed by atoms with Crippen molar-refractivity contribution in [3.8, 4) is 0 Å². The summed E-state index contributed by atoms with van der Waals surface area (Å²) in [5, 5.41) is 5.46. The lowest BCUT2D eigenvalue weighted by atomic mass is 10.0. The Hall–Kier alpha value is -2.69. The van der Waals surface area contributed by atoms with Gasteiger partial charge in [-0.3, -0.25) is 9.59 Å². The van der Waals surface area contributed by atoms with Gasteiger partial charge in [-0.05, 0) is 49.1 Å². The van der Waals surface area contributed by atoms with Crippen molar-refractivity contribution in [1.82, 2.24) is 5.32 Å². The van der Waals surface area contributed by atoms with Gasteiger partial charge in [-0.15, -0.1) is 0 Å². The summed E-state index contributed by atoms with van der Waals surface area (Å²) >= 11 is 0. The zero-order valence-electron chi connectivity index (χ0n) is 14.7. The molecule has 0 radical (unpaired) electrons. The molecule has 2 amide bonds. The standard InChI is InChI=1S/C20H23FN2O2/c1-13(2)11-18(20(25)22-16-9-6-8-15(21)12-16)23-19(24)17-10-5-4-7-14(17)3/h4-10,12-13,18H,11H2,1-3H3,(H,22,25)(H,23,24)/t18-/m0/s1. The molecule has 2 aromatic carbocycles. The molecule has 2 N–H and O–H groups in total. The molecule has 1 atom stereocenters. The third-order valence-corrected chi connectivity index (χ3v) is 3.81. The summed E-state index contributed by atoms with van der Waals surface area (Å²) < 4.78 is 13.3. The van der Waals surface area contributed by atoms with Crippen LogP contribution in [0.3, 0.4) is 0 Å². The maximum atomic E-state index is 13.3. The fourth-order valence-electron chi connectivity index (χ4n) is 2.56. The van der Waals surface area contributed by atoms with Crippen LogP contribution in [0, 0.1) is 18.7 Å². The number of halogens is 1. The zero-order valence-corrected chi connectivity index (χ0v) is 14.7. The molecule has 4 nitrogen and oxygen atoms in total. The van der Waals surface area contributed by atoms with Gasteiger partial charge in [-0.25, -0.2) is 4.39 Å². The molecule has 2 aromatic rings. The Balaban J connectivity index is 2.13. The molecule has 0 aromatic heterocycles. The Bertz CT molecular complexity index is 759. The lowest BCUT2D eigenvalue weighted by Gasteiger charge is -2.20. The quantitative estimate of drug-likeness (QED) is 0.836. The lowest BCUT2D eigenvalue weighted by molar-refractivity contribution is -0.118. The van der Waals surface area contributed by atoms with Gasteiger partial charge in [0.05, 0.1) is 0 Å². The van der Waals surface area contributed by atoms with Gasteiger partial charge in [-0.1, -0.05) is 38.1 Å². The summed E-state index contributed by atoms with van der Waals surface area (Å²) in [6, 6.07) is 12.2. The Morgan fingerprint density at radius 2 is 1.80 bits per heavy atom. The number of carbonyl (C=O) groups is 2. The highest BCUT2D eigenvalue weighted by atomic mass is 19.1. The van der Waals surface area contributed by atoms with E-state index in [1.165, 1.54) is 18.2 Å². The molecule has 132 valence electrons. The Labute approximate surface area is 147 Å². The third kappa shape index (κ3) is 5.41. The van der Waals surface area contributed by atoms with Crippen LogP contribution in [0.2, 0.25) is 0 Å². The molecule has 0 heterocycles. The number of benzene rings is 2. The molecule has 0 aliphatic heterocycles. The van der Waals surface area contributed by atoms with E-state index in [0.29, 0.717) is 17.7 Å².